The summed E-state index contributed by atoms with van der Waals surface area (Å²) in [5.74, 6) is -0.188. The van der Waals surface area contributed by atoms with E-state index >= 15 is 0 Å². The number of aromatic nitrogens is 4. The van der Waals surface area contributed by atoms with Crippen LogP contribution in [0.3, 0.4) is 0 Å². The summed E-state index contributed by atoms with van der Waals surface area (Å²) in [6.07, 6.45) is 3.37. The number of pyridine rings is 1. The fraction of sp³-hybridized carbons (Fsp3) is 0.0435. The largest absolute Gasteiger partial charge is 0.322 e. The van der Waals surface area contributed by atoms with Gasteiger partial charge in [-0.1, -0.05) is 29.5 Å². The smallest absolute Gasteiger partial charge is 0.259 e. The molecular formula is C23H17N5OS. The second-order valence-electron chi connectivity index (χ2n) is 6.77. The Hall–Kier alpha value is -3.84. The third kappa shape index (κ3) is 3.35. The van der Waals surface area contributed by atoms with Crippen molar-refractivity contribution >= 4 is 33.3 Å². The predicted molar refractivity (Wildman–Crippen MR) is 119 cm³/mol. The molecule has 0 spiro atoms. The van der Waals surface area contributed by atoms with E-state index in [0.29, 0.717) is 5.56 Å². The Bertz CT molecular complexity index is 1310. The Balaban J connectivity index is 1.35. The Morgan fingerprint density at radius 3 is 2.57 bits per heavy atom. The summed E-state index contributed by atoms with van der Waals surface area (Å²) in [5, 5.41) is 8.22. The van der Waals surface area contributed by atoms with Crippen LogP contribution < -0.4 is 5.32 Å². The maximum Gasteiger partial charge on any atom is 0.259 e. The van der Waals surface area contributed by atoms with Gasteiger partial charge in [0.15, 0.2) is 0 Å². The van der Waals surface area contributed by atoms with Crippen LogP contribution in [0.2, 0.25) is 0 Å². The first kappa shape index (κ1) is 18.2. The number of nitrogens with zero attached hydrogens (tertiary/aromatic N) is 4. The minimum Gasteiger partial charge on any atom is -0.322 e. The van der Waals surface area contributed by atoms with E-state index in [-0.39, 0.29) is 5.91 Å². The highest BCUT2D eigenvalue weighted by atomic mass is 32.1. The number of hydrogen-bond donors (Lipinski definition) is 1. The van der Waals surface area contributed by atoms with Gasteiger partial charge in [0.2, 0.25) is 0 Å². The molecule has 146 valence electrons. The van der Waals surface area contributed by atoms with Crippen molar-refractivity contribution in [2.75, 3.05) is 5.32 Å². The molecule has 7 heteroatoms. The molecular weight excluding hydrogens is 394 g/mol. The number of rotatable bonds is 4. The number of benzene rings is 2. The van der Waals surface area contributed by atoms with Gasteiger partial charge in [-0.05, 0) is 55.5 Å². The lowest BCUT2D eigenvalue weighted by atomic mass is 10.2. The molecule has 0 radical (unpaired) electrons. The third-order valence-electron chi connectivity index (χ3n) is 4.81. The predicted octanol–water partition coefficient (Wildman–Crippen LogP) is 5.10. The molecule has 0 saturated heterocycles. The van der Waals surface area contributed by atoms with Crippen molar-refractivity contribution in [2.24, 2.45) is 0 Å². The normalized spacial score (nSPS) is 11.0. The van der Waals surface area contributed by atoms with Crippen molar-refractivity contribution in [3.05, 3.63) is 90.4 Å². The summed E-state index contributed by atoms with van der Waals surface area (Å²) in [6, 6.07) is 21.2. The van der Waals surface area contributed by atoms with Crippen LogP contribution in [0.25, 0.3) is 26.6 Å². The zero-order valence-corrected chi connectivity index (χ0v) is 16.9. The van der Waals surface area contributed by atoms with Crippen LogP contribution in [-0.4, -0.2) is 25.7 Å². The summed E-state index contributed by atoms with van der Waals surface area (Å²) in [7, 11) is 0. The number of nitrogens with one attached hydrogen (secondary N) is 1. The first-order valence-corrected chi connectivity index (χ1v) is 10.2. The molecule has 0 atom stereocenters. The lowest BCUT2D eigenvalue weighted by Crippen LogP contribution is -2.13. The molecule has 2 aromatic carbocycles. The lowest BCUT2D eigenvalue weighted by Gasteiger charge is -2.07. The first-order chi connectivity index (χ1) is 14.7. The van der Waals surface area contributed by atoms with Crippen molar-refractivity contribution in [3.8, 4) is 16.3 Å². The van der Waals surface area contributed by atoms with E-state index < -0.39 is 0 Å². The molecule has 3 aromatic heterocycles. The number of amides is 1. The van der Waals surface area contributed by atoms with Gasteiger partial charge in [0.25, 0.3) is 5.91 Å². The topological polar surface area (TPSA) is 72.7 Å². The van der Waals surface area contributed by atoms with E-state index in [1.165, 1.54) is 0 Å². The van der Waals surface area contributed by atoms with Crippen molar-refractivity contribution in [1.82, 2.24) is 19.7 Å². The number of fused-ring (bicyclic) bond motifs is 1. The molecule has 1 amide bonds. The SMILES string of the molecule is Cc1c(C(=O)Nc2ccc(-c3nc4cccnc4s3)cc2)cnn1-c1ccccc1. The fourth-order valence-electron chi connectivity index (χ4n) is 3.25. The molecule has 0 fully saturated rings. The van der Waals surface area contributed by atoms with Crippen LogP contribution in [-0.2, 0) is 0 Å². The molecule has 5 rings (SSSR count). The number of carbonyl (C=O) groups excluding carboxylic acids is 1. The van der Waals surface area contributed by atoms with E-state index in [4.69, 9.17) is 0 Å². The summed E-state index contributed by atoms with van der Waals surface area (Å²) in [5.41, 5.74) is 4.85. The highest BCUT2D eigenvalue weighted by Crippen LogP contribution is 2.29. The number of hydrogen-bond acceptors (Lipinski definition) is 5. The molecule has 3 heterocycles. The van der Waals surface area contributed by atoms with Gasteiger partial charge in [0.1, 0.15) is 15.4 Å². The van der Waals surface area contributed by atoms with Crippen LogP contribution in [0.5, 0.6) is 0 Å². The molecule has 0 aliphatic rings. The van der Waals surface area contributed by atoms with Gasteiger partial charge in [0.05, 0.1) is 23.1 Å². The Morgan fingerprint density at radius 2 is 1.80 bits per heavy atom. The minimum absolute atomic E-state index is 0.188. The van der Waals surface area contributed by atoms with E-state index in [1.807, 2.05) is 73.7 Å². The van der Waals surface area contributed by atoms with E-state index in [2.05, 4.69) is 20.4 Å². The minimum atomic E-state index is -0.188. The molecule has 6 nitrogen and oxygen atoms in total. The molecule has 0 aliphatic carbocycles. The summed E-state index contributed by atoms with van der Waals surface area (Å²) >= 11 is 1.55. The summed E-state index contributed by atoms with van der Waals surface area (Å²) in [4.78, 5) is 22.6. The van der Waals surface area contributed by atoms with Crippen molar-refractivity contribution in [2.45, 2.75) is 6.92 Å². The lowest BCUT2D eigenvalue weighted by molar-refractivity contribution is 0.102. The van der Waals surface area contributed by atoms with Gasteiger partial charge in [-0.25, -0.2) is 14.6 Å². The van der Waals surface area contributed by atoms with Gasteiger partial charge in [0, 0.05) is 17.4 Å². The van der Waals surface area contributed by atoms with Gasteiger partial charge >= 0.3 is 0 Å². The van der Waals surface area contributed by atoms with E-state index in [9.17, 15) is 4.79 Å². The van der Waals surface area contributed by atoms with Crippen LogP contribution in [0.15, 0.2) is 79.1 Å². The standard InChI is InChI=1S/C23H17N5OS/c1-15-19(14-25-28(15)18-6-3-2-4-7-18)21(29)26-17-11-9-16(10-12-17)22-27-20-8-5-13-24-23(20)30-22/h2-14H,1H3,(H,26,29). The summed E-state index contributed by atoms with van der Waals surface area (Å²) < 4.78 is 1.76. The molecule has 30 heavy (non-hydrogen) atoms. The third-order valence-corrected chi connectivity index (χ3v) is 5.84. The first-order valence-electron chi connectivity index (χ1n) is 9.42. The quantitative estimate of drug-likeness (QED) is 0.446. The van der Waals surface area contributed by atoms with E-state index in [1.54, 1.807) is 28.4 Å². The van der Waals surface area contributed by atoms with E-state index in [0.717, 1.165) is 38.0 Å². The fourth-order valence-corrected chi connectivity index (χ4v) is 4.16. The van der Waals surface area contributed by atoms with Crippen molar-refractivity contribution in [3.63, 3.8) is 0 Å². The number of para-hydroxylation sites is 1. The Kier molecular flexibility index (Phi) is 4.57. The van der Waals surface area contributed by atoms with Gasteiger partial charge < -0.3 is 5.32 Å². The van der Waals surface area contributed by atoms with Gasteiger partial charge in [-0.3, -0.25) is 4.79 Å². The van der Waals surface area contributed by atoms with Crippen LogP contribution in [0.1, 0.15) is 16.1 Å². The van der Waals surface area contributed by atoms with Crippen LogP contribution in [0, 0.1) is 6.92 Å². The summed E-state index contributed by atoms with van der Waals surface area (Å²) in [6.45, 7) is 1.89. The molecule has 0 unspecified atom stereocenters. The second kappa shape index (κ2) is 7.53. The molecule has 0 aliphatic heterocycles. The van der Waals surface area contributed by atoms with Crippen LogP contribution >= 0.6 is 11.3 Å². The number of carbonyl (C=O) groups is 1. The molecule has 0 bridgehead atoms. The molecule has 1 N–H and O–H groups in total. The Morgan fingerprint density at radius 1 is 1.00 bits per heavy atom. The van der Waals surface area contributed by atoms with Gasteiger partial charge in [-0.2, -0.15) is 5.10 Å². The zero-order chi connectivity index (χ0) is 20.5. The number of thiazole rings is 1. The maximum absolute atomic E-state index is 12.8. The molecule has 5 aromatic rings. The van der Waals surface area contributed by atoms with Gasteiger partial charge in [-0.15, -0.1) is 0 Å². The highest BCUT2D eigenvalue weighted by molar-refractivity contribution is 7.21. The monoisotopic (exact) mass is 411 g/mol. The average Bonchev–Trinajstić information content (AvgIpc) is 3.38. The molecule has 0 saturated carbocycles. The Labute approximate surface area is 176 Å². The van der Waals surface area contributed by atoms with Crippen LogP contribution in [0.4, 0.5) is 5.69 Å². The van der Waals surface area contributed by atoms with Crippen molar-refractivity contribution < 1.29 is 4.79 Å². The zero-order valence-electron chi connectivity index (χ0n) is 16.1. The average molecular weight is 411 g/mol. The second-order valence-corrected chi connectivity index (χ2v) is 7.75. The number of anilines is 1. The highest BCUT2D eigenvalue weighted by Gasteiger charge is 2.15. The van der Waals surface area contributed by atoms with Crippen molar-refractivity contribution in [1.29, 1.82) is 0 Å². The maximum atomic E-state index is 12.8.